The summed E-state index contributed by atoms with van der Waals surface area (Å²) in [6.07, 6.45) is 0. The summed E-state index contributed by atoms with van der Waals surface area (Å²) in [4.78, 5) is 39.5. The maximum Gasteiger partial charge on any atom is 2.00 e. The quantitative estimate of drug-likeness (QED) is 0.167. The summed E-state index contributed by atoms with van der Waals surface area (Å²) in [6, 6.07) is 8.99. The van der Waals surface area contributed by atoms with Crippen LogP contribution in [0.1, 0.15) is 20.7 Å². The van der Waals surface area contributed by atoms with Crippen LogP contribution in [0.4, 0.5) is 11.4 Å². The van der Waals surface area contributed by atoms with Crippen LogP contribution in [0.5, 0.6) is 0 Å². The molecule has 0 saturated heterocycles. The third-order valence-electron chi connectivity index (χ3n) is 2.63. The molecule has 0 aliphatic heterocycles. The van der Waals surface area contributed by atoms with Gasteiger partial charge in [-0.1, -0.05) is 0 Å². The van der Waals surface area contributed by atoms with E-state index in [1.165, 1.54) is 0 Å². The van der Waals surface area contributed by atoms with Crippen molar-refractivity contribution in [1.29, 1.82) is 0 Å². The van der Waals surface area contributed by atoms with E-state index in [2.05, 4.69) is 0 Å². The molecular weight excluding hydrogens is 479 g/mol. The van der Waals surface area contributed by atoms with Gasteiger partial charge in [0.15, 0.2) is 0 Å². The van der Waals surface area contributed by atoms with Gasteiger partial charge in [0.05, 0.1) is 21.8 Å². The third-order valence-corrected chi connectivity index (χ3v) is 2.63. The number of nitrogens with zero attached hydrogens (tertiary/aromatic N) is 2. The molecule has 16 N–H and O–H groups in total. The average Bonchev–Trinajstić information content (AvgIpc) is 2.55. The second kappa shape index (κ2) is 21.1. The van der Waals surface area contributed by atoms with Crippen LogP contribution < -0.4 is 10.2 Å². The number of carbonyl (C=O) groups is 2. The first-order valence-corrected chi connectivity index (χ1v) is 6.14. The van der Waals surface area contributed by atoms with Crippen LogP contribution in [0, 0.1) is 20.2 Å². The standard InChI is InChI=1S/2C7H5NO4.Ni.6H2O/c2*9-7(10)5-1-3-6(4-2-5)8(11)12;;;;;;;/h2*1-4H,(H,9,10);;6*1H2/q;;+2;;;;;;/p+2. The summed E-state index contributed by atoms with van der Waals surface area (Å²) in [5.41, 5.74) is -0.416. The normalized spacial score (nSPS) is 7.23. The minimum Gasteiger partial charge on any atom is -0.545 e. The first kappa shape index (κ1) is 45.9. The van der Waals surface area contributed by atoms with Crippen LogP contribution in [-0.2, 0) is 38.4 Å². The molecule has 16 nitrogen and oxygen atoms in total. The predicted octanol–water partition coefficient (Wildman–Crippen LogP) is -5.42. The van der Waals surface area contributed by atoms with Gasteiger partial charge >= 0.3 is 16.5 Å². The Labute approximate surface area is 182 Å². The van der Waals surface area contributed by atoms with Gasteiger partial charge in [0, 0.05) is 24.3 Å². The van der Waals surface area contributed by atoms with Crippen molar-refractivity contribution in [1.82, 2.24) is 0 Å². The zero-order chi connectivity index (χ0) is 18.3. The number of hydrogen-bond donors (Lipinski definition) is 0. The van der Waals surface area contributed by atoms with Crippen LogP contribution >= 0.6 is 0 Å². The van der Waals surface area contributed by atoms with Gasteiger partial charge in [-0.3, -0.25) is 20.2 Å². The van der Waals surface area contributed by atoms with Gasteiger partial charge in [-0.15, -0.1) is 0 Å². The van der Waals surface area contributed by atoms with E-state index >= 15 is 0 Å². The summed E-state index contributed by atoms with van der Waals surface area (Å²) in [7, 11) is 0. The number of non-ortho nitro benzene ring substituents is 2. The summed E-state index contributed by atoms with van der Waals surface area (Å²) < 4.78 is 0. The molecule has 180 valence electrons. The molecule has 0 amide bonds. The van der Waals surface area contributed by atoms with E-state index in [0.29, 0.717) is 0 Å². The molecule has 0 radical (unpaired) electrons. The number of carboxylic acid groups (broad SMARTS) is 2. The van der Waals surface area contributed by atoms with Crippen molar-refractivity contribution in [3.8, 4) is 0 Å². The third kappa shape index (κ3) is 15.0. The Hall–Kier alpha value is -3.57. The van der Waals surface area contributed by atoms with E-state index in [1.807, 2.05) is 0 Å². The molecule has 17 heteroatoms. The molecule has 0 aromatic heterocycles. The van der Waals surface area contributed by atoms with Crippen molar-refractivity contribution in [3.63, 3.8) is 0 Å². The minimum absolute atomic E-state index is 0. The van der Waals surface area contributed by atoms with E-state index in [1.54, 1.807) is 0 Å². The van der Waals surface area contributed by atoms with Crippen LogP contribution in [0.15, 0.2) is 48.5 Å². The molecule has 2 rings (SSSR count). The summed E-state index contributed by atoms with van der Waals surface area (Å²) in [5, 5.41) is 40.7. The maximum atomic E-state index is 10.2. The largest absolute Gasteiger partial charge is 2.00 e. The summed E-state index contributed by atoms with van der Waals surface area (Å²) in [5.74, 6) is -2.69. The Balaban J connectivity index is -0.0000000606. The first-order valence-electron chi connectivity index (χ1n) is 6.14. The Morgan fingerprint density at radius 2 is 0.774 bits per heavy atom. The Bertz CT molecular complexity index is 649. The fraction of sp³-hybridized carbons (Fsp3) is 0. The molecule has 0 unspecified atom stereocenters. The number of nitro benzene ring substituents is 2. The zero-order valence-corrected chi connectivity index (χ0v) is 16.4. The number of nitro groups is 2. The van der Waals surface area contributed by atoms with E-state index < -0.39 is 21.8 Å². The molecular formula is C14H24N2NiO14+4. The van der Waals surface area contributed by atoms with Crippen molar-refractivity contribution in [3.05, 3.63) is 79.9 Å². The zero-order valence-electron chi connectivity index (χ0n) is 15.4. The smallest absolute Gasteiger partial charge is 0.545 e. The fourth-order valence-corrected chi connectivity index (χ4v) is 1.44. The second-order valence-corrected chi connectivity index (χ2v) is 4.18. The molecule has 2 aromatic carbocycles. The molecule has 0 bridgehead atoms. The molecule has 2 aromatic rings. The average molecular weight is 503 g/mol. The van der Waals surface area contributed by atoms with Crippen LogP contribution in [0.25, 0.3) is 0 Å². The van der Waals surface area contributed by atoms with E-state index in [0.717, 1.165) is 48.5 Å². The Morgan fingerprint density at radius 1 is 0.581 bits per heavy atom. The molecule has 0 aliphatic rings. The molecule has 0 saturated carbocycles. The molecule has 0 spiro atoms. The summed E-state index contributed by atoms with van der Waals surface area (Å²) in [6.45, 7) is 0. The number of benzene rings is 2. The number of rotatable bonds is 4. The summed E-state index contributed by atoms with van der Waals surface area (Å²) >= 11 is 0. The monoisotopic (exact) mass is 502 g/mol. The first-order chi connectivity index (χ1) is 11.2. The SMILES string of the molecule is O.O.O=C([O-])c1ccc([N+](=O)[O-])cc1.O=C([O-])c1ccc([N+](=O)[O-])cc1.[Ni+2].[OH3+].[OH3+].[OH3+].[OH3+]. The van der Waals surface area contributed by atoms with Gasteiger partial charge in [0.25, 0.3) is 11.4 Å². The van der Waals surface area contributed by atoms with Crippen molar-refractivity contribution < 1.29 is 79.0 Å². The van der Waals surface area contributed by atoms with E-state index in [-0.39, 0.29) is 71.9 Å². The molecule has 0 atom stereocenters. The van der Waals surface area contributed by atoms with Crippen LogP contribution in [0.2, 0.25) is 0 Å². The molecule has 31 heavy (non-hydrogen) atoms. The van der Waals surface area contributed by atoms with E-state index in [4.69, 9.17) is 0 Å². The van der Waals surface area contributed by atoms with Gasteiger partial charge in [0.2, 0.25) is 0 Å². The van der Waals surface area contributed by atoms with Gasteiger partial charge in [-0.2, -0.15) is 0 Å². The number of aromatic carboxylic acids is 2. The molecule has 0 fully saturated rings. The number of carbonyl (C=O) groups excluding carboxylic acids is 2. The van der Waals surface area contributed by atoms with Crippen molar-refractivity contribution >= 4 is 23.3 Å². The van der Waals surface area contributed by atoms with E-state index in [9.17, 15) is 40.0 Å². The maximum absolute atomic E-state index is 10.2. The van der Waals surface area contributed by atoms with Crippen LogP contribution in [0.3, 0.4) is 0 Å². The van der Waals surface area contributed by atoms with Crippen LogP contribution in [-0.4, -0.2) is 32.7 Å². The number of hydrogen-bond acceptors (Lipinski definition) is 8. The minimum atomic E-state index is -1.34. The van der Waals surface area contributed by atoms with Gasteiger partial charge < -0.3 is 52.7 Å². The van der Waals surface area contributed by atoms with Gasteiger partial charge in [-0.05, 0) is 35.4 Å². The fourth-order valence-electron chi connectivity index (χ4n) is 1.44. The topological polar surface area (TPSA) is 362 Å². The Morgan fingerprint density at radius 3 is 0.903 bits per heavy atom. The van der Waals surface area contributed by atoms with Crippen molar-refractivity contribution in [2.45, 2.75) is 0 Å². The van der Waals surface area contributed by atoms with Gasteiger partial charge in [0.1, 0.15) is 0 Å². The van der Waals surface area contributed by atoms with Crippen molar-refractivity contribution in [2.75, 3.05) is 0 Å². The predicted molar refractivity (Wildman–Crippen MR) is 102 cm³/mol. The number of carboxylic acids is 2. The molecule has 0 aliphatic carbocycles. The second-order valence-electron chi connectivity index (χ2n) is 4.18. The molecule has 0 heterocycles. The Kier molecular flexibility index (Phi) is 31.3. The van der Waals surface area contributed by atoms with Gasteiger partial charge in [-0.25, -0.2) is 0 Å². The van der Waals surface area contributed by atoms with Crippen molar-refractivity contribution in [2.24, 2.45) is 0 Å².